The van der Waals surface area contributed by atoms with Gasteiger partial charge >= 0.3 is 5.97 Å². The summed E-state index contributed by atoms with van der Waals surface area (Å²) in [7, 11) is 1.79. The zero-order valence-electron chi connectivity index (χ0n) is 12.8. The SMILES string of the molecule is CCOC(=O)c1nn(C)c2c1CN(C(=O)c1ccc(Br)o1)CC2. The highest BCUT2D eigenvalue weighted by Crippen LogP contribution is 2.25. The number of carbonyl (C=O) groups is 2. The number of amides is 1. The van der Waals surface area contributed by atoms with Crippen LogP contribution in [0, 0.1) is 0 Å². The van der Waals surface area contributed by atoms with Gasteiger partial charge < -0.3 is 14.1 Å². The Morgan fingerprint density at radius 2 is 2.22 bits per heavy atom. The third-order valence-corrected chi connectivity index (χ3v) is 4.21. The van der Waals surface area contributed by atoms with Crippen molar-refractivity contribution < 1.29 is 18.7 Å². The molecule has 1 aliphatic rings. The number of hydrogen-bond acceptors (Lipinski definition) is 5. The van der Waals surface area contributed by atoms with Gasteiger partial charge in [0.1, 0.15) is 0 Å². The van der Waals surface area contributed by atoms with Crippen LogP contribution in [0.3, 0.4) is 0 Å². The van der Waals surface area contributed by atoms with Gasteiger partial charge in [-0.1, -0.05) is 0 Å². The molecule has 8 heteroatoms. The molecule has 0 atom stereocenters. The molecule has 1 aliphatic heterocycles. The first-order valence-corrected chi connectivity index (χ1v) is 8.07. The first-order chi connectivity index (χ1) is 11.0. The lowest BCUT2D eigenvalue weighted by Crippen LogP contribution is -2.36. The number of nitrogens with zero attached hydrogens (tertiary/aromatic N) is 3. The first-order valence-electron chi connectivity index (χ1n) is 7.27. The minimum absolute atomic E-state index is 0.208. The molecule has 122 valence electrons. The van der Waals surface area contributed by atoms with Crippen molar-refractivity contribution in [3.63, 3.8) is 0 Å². The number of fused-ring (bicyclic) bond motifs is 1. The molecule has 0 unspecified atom stereocenters. The van der Waals surface area contributed by atoms with Crippen molar-refractivity contribution >= 4 is 27.8 Å². The van der Waals surface area contributed by atoms with Crippen LogP contribution in [-0.4, -0.2) is 39.7 Å². The summed E-state index contributed by atoms with van der Waals surface area (Å²) < 4.78 is 12.6. The van der Waals surface area contributed by atoms with E-state index >= 15 is 0 Å². The molecule has 0 fully saturated rings. The molecule has 0 aromatic carbocycles. The van der Waals surface area contributed by atoms with Crippen LogP contribution in [0.1, 0.15) is 39.2 Å². The van der Waals surface area contributed by atoms with Crippen molar-refractivity contribution in [1.29, 1.82) is 0 Å². The number of esters is 1. The lowest BCUT2D eigenvalue weighted by atomic mass is 10.0. The average molecular weight is 382 g/mol. The number of ether oxygens (including phenoxy) is 1. The van der Waals surface area contributed by atoms with Crippen molar-refractivity contribution in [1.82, 2.24) is 14.7 Å². The molecule has 2 aromatic rings. The van der Waals surface area contributed by atoms with E-state index in [1.54, 1.807) is 35.7 Å². The standard InChI is InChI=1S/C15H16BrN3O4/c1-3-22-15(21)13-9-8-19(7-6-10(9)18(2)17-13)14(20)11-4-5-12(16)23-11/h4-5H,3,6-8H2,1-2H3. The van der Waals surface area contributed by atoms with Crippen LogP contribution < -0.4 is 0 Å². The normalized spacial score (nSPS) is 13.8. The number of hydrogen-bond donors (Lipinski definition) is 0. The number of rotatable bonds is 3. The van der Waals surface area contributed by atoms with E-state index in [-0.39, 0.29) is 24.0 Å². The van der Waals surface area contributed by atoms with Gasteiger partial charge in [0.2, 0.25) is 0 Å². The monoisotopic (exact) mass is 381 g/mol. The summed E-state index contributed by atoms with van der Waals surface area (Å²) in [6.07, 6.45) is 0.631. The Morgan fingerprint density at radius 3 is 2.87 bits per heavy atom. The second-order valence-corrected chi connectivity index (χ2v) is 5.98. The van der Waals surface area contributed by atoms with Gasteiger partial charge in [0.25, 0.3) is 5.91 Å². The van der Waals surface area contributed by atoms with Crippen LogP contribution in [0.25, 0.3) is 0 Å². The second-order valence-electron chi connectivity index (χ2n) is 5.20. The Balaban J connectivity index is 1.87. The molecule has 3 rings (SSSR count). The summed E-state index contributed by atoms with van der Waals surface area (Å²) in [6.45, 7) is 2.89. The Bertz CT molecular complexity index is 765. The van der Waals surface area contributed by atoms with E-state index in [0.717, 1.165) is 11.3 Å². The highest BCUT2D eigenvalue weighted by Gasteiger charge is 2.31. The average Bonchev–Trinajstić information content (AvgIpc) is 3.11. The van der Waals surface area contributed by atoms with Gasteiger partial charge in [-0.05, 0) is 35.0 Å². The topological polar surface area (TPSA) is 77.6 Å². The quantitative estimate of drug-likeness (QED) is 0.761. The third-order valence-electron chi connectivity index (χ3n) is 3.78. The van der Waals surface area contributed by atoms with Crippen LogP contribution >= 0.6 is 15.9 Å². The molecular formula is C15H16BrN3O4. The molecule has 0 spiro atoms. The van der Waals surface area contributed by atoms with E-state index in [4.69, 9.17) is 9.15 Å². The zero-order chi connectivity index (χ0) is 16.6. The van der Waals surface area contributed by atoms with Gasteiger partial charge in [-0.2, -0.15) is 5.10 Å². The van der Waals surface area contributed by atoms with Gasteiger partial charge in [-0.15, -0.1) is 0 Å². The molecule has 2 aromatic heterocycles. The third kappa shape index (κ3) is 2.90. The summed E-state index contributed by atoms with van der Waals surface area (Å²) in [4.78, 5) is 26.2. The molecule has 3 heterocycles. The smallest absolute Gasteiger partial charge is 0.359 e. The Morgan fingerprint density at radius 1 is 1.43 bits per heavy atom. The van der Waals surface area contributed by atoms with E-state index in [0.29, 0.717) is 24.2 Å². The van der Waals surface area contributed by atoms with E-state index < -0.39 is 5.97 Å². The van der Waals surface area contributed by atoms with Crippen LogP contribution in [0.2, 0.25) is 0 Å². The Kier molecular flexibility index (Phi) is 4.25. The summed E-state index contributed by atoms with van der Waals surface area (Å²) in [5, 5.41) is 4.25. The summed E-state index contributed by atoms with van der Waals surface area (Å²) in [5.74, 6) is -0.402. The van der Waals surface area contributed by atoms with Gasteiger partial charge in [-0.3, -0.25) is 9.48 Å². The van der Waals surface area contributed by atoms with Gasteiger partial charge in [-0.25, -0.2) is 4.79 Å². The Labute approximate surface area is 141 Å². The largest absolute Gasteiger partial charge is 0.461 e. The molecule has 0 radical (unpaired) electrons. The number of aryl methyl sites for hydroxylation is 1. The van der Waals surface area contributed by atoms with Crippen LogP contribution in [0.4, 0.5) is 0 Å². The summed E-state index contributed by atoms with van der Waals surface area (Å²) in [6, 6.07) is 3.30. The predicted octanol–water partition coefficient (Wildman–Crippen LogP) is 2.15. The molecule has 1 amide bonds. The van der Waals surface area contributed by atoms with E-state index in [9.17, 15) is 9.59 Å². The molecular weight excluding hydrogens is 366 g/mol. The highest BCUT2D eigenvalue weighted by atomic mass is 79.9. The van der Waals surface area contributed by atoms with Crippen molar-refractivity contribution in [2.75, 3.05) is 13.2 Å². The first kappa shape index (κ1) is 15.8. The Hall–Kier alpha value is -2.09. The van der Waals surface area contributed by atoms with Crippen LogP contribution in [0.5, 0.6) is 0 Å². The minimum atomic E-state index is -0.459. The molecule has 7 nitrogen and oxygen atoms in total. The molecule has 0 saturated heterocycles. The highest BCUT2D eigenvalue weighted by molar-refractivity contribution is 9.10. The van der Waals surface area contributed by atoms with Gasteiger partial charge in [0.15, 0.2) is 16.1 Å². The van der Waals surface area contributed by atoms with Crippen molar-refractivity contribution in [2.45, 2.75) is 19.9 Å². The minimum Gasteiger partial charge on any atom is -0.461 e. The zero-order valence-corrected chi connectivity index (χ0v) is 14.4. The number of carbonyl (C=O) groups excluding carboxylic acids is 2. The van der Waals surface area contributed by atoms with Gasteiger partial charge in [0.05, 0.1) is 13.2 Å². The predicted molar refractivity (Wildman–Crippen MR) is 84.0 cm³/mol. The molecule has 0 bridgehead atoms. The molecule has 0 saturated carbocycles. The molecule has 0 aliphatic carbocycles. The number of halogens is 1. The van der Waals surface area contributed by atoms with Crippen LogP contribution in [-0.2, 0) is 24.8 Å². The van der Waals surface area contributed by atoms with E-state index in [1.165, 1.54) is 0 Å². The maximum absolute atomic E-state index is 12.5. The fourth-order valence-corrected chi connectivity index (χ4v) is 3.02. The van der Waals surface area contributed by atoms with E-state index in [2.05, 4.69) is 21.0 Å². The van der Waals surface area contributed by atoms with Crippen LogP contribution in [0.15, 0.2) is 21.2 Å². The maximum Gasteiger partial charge on any atom is 0.359 e. The number of aromatic nitrogens is 2. The fraction of sp³-hybridized carbons (Fsp3) is 0.400. The molecule has 23 heavy (non-hydrogen) atoms. The van der Waals surface area contributed by atoms with Crippen molar-refractivity contribution in [3.05, 3.63) is 39.5 Å². The fourth-order valence-electron chi connectivity index (χ4n) is 2.71. The van der Waals surface area contributed by atoms with E-state index in [1.807, 2.05) is 0 Å². The number of furan rings is 1. The second kappa shape index (κ2) is 6.19. The molecule has 0 N–H and O–H groups in total. The summed E-state index contributed by atoms with van der Waals surface area (Å²) in [5.41, 5.74) is 1.98. The summed E-state index contributed by atoms with van der Waals surface area (Å²) >= 11 is 3.19. The van der Waals surface area contributed by atoms with Crippen molar-refractivity contribution in [2.24, 2.45) is 7.05 Å². The lowest BCUT2D eigenvalue weighted by molar-refractivity contribution is 0.0512. The van der Waals surface area contributed by atoms with Gasteiger partial charge in [0, 0.05) is 31.3 Å². The van der Waals surface area contributed by atoms with Crippen molar-refractivity contribution in [3.8, 4) is 0 Å². The maximum atomic E-state index is 12.5. The lowest BCUT2D eigenvalue weighted by Gasteiger charge is -2.26.